The maximum absolute atomic E-state index is 13.6. The van der Waals surface area contributed by atoms with Gasteiger partial charge < -0.3 is 14.6 Å². The van der Waals surface area contributed by atoms with Crippen LogP contribution < -0.4 is 4.74 Å². The molecule has 0 spiro atoms. The molecule has 5 rings (SSSR count). The van der Waals surface area contributed by atoms with Crippen molar-refractivity contribution in [2.24, 2.45) is 0 Å². The molecule has 1 aromatic carbocycles. The monoisotopic (exact) mass is 574 g/mol. The molecular weight excluding hydrogens is 563 g/mol. The second-order valence-corrected chi connectivity index (χ2v) is 11.3. The van der Waals surface area contributed by atoms with Gasteiger partial charge >= 0.3 is 0 Å². The Bertz CT molecular complexity index is 1330. The summed E-state index contributed by atoms with van der Waals surface area (Å²) < 4.78 is 6.72. The molecule has 1 amide bonds. The molecule has 31 heavy (non-hydrogen) atoms. The molecule has 4 nitrogen and oxygen atoms in total. The fourth-order valence-corrected chi connectivity index (χ4v) is 7.33. The van der Waals surface area contributed by atoms with Crippen LogP contribution in [-0.2, 0) is 6.42 Å². The van der Waals surface area contributed by atoms with E-state index in [-0.39, 0.29) is 22.0 Å². The van der Waals surface area contributed by atoms with Gasteiger partial charge in [-0.2, -0.15) is 0 Å². The van der Waals surface area contributed by atoms with Gasteiger partial charge in [0.05, 0.1) is 17.2 Å². The van der Waals surface area contributed by atoms with Crippen molar-refractivity contribution in [2.45, 2.75) is 12.5 Å². The van der Waals surface area contributed by atoms with Crippen molar-refractivity contribution in [2.75, 3.05) is 13.7 Å². The van der Waals surface area contributed by atoms with E-state index < -0.39 is 0 Å². The van der Waals surface area contributed by atoms with Crippen molar-refractivity contribution in [3.8, 4) is 5.75 Å². The van der Waals surface area contributed by atoms with Gasteiger partial charge in [0.2, 0.25) is 0 Å². The zero-order valence-electron chi connectivity index (χ0n) is 16.0. The first kappa shape index (κ1) is 21.6. The van der Waals surface area contributed by atoms with Gasteiger partial charge in [-0.25, -0.2) is 0 Å². The van der Waals surface area contributed by atoms with Crippen molar-refractivity contribution in [1.82, 2.24) is 9.88 Å². The first-order chi connectivity index (χ1) is 14.9. The van der Waals surface area contributed by atoms with Crippen molar-refractivity contribution >= 4 is 90.2 Å². The number of fused-ring (bicyclic) bond motifs is 3. The number of carbonyl (C=O) groups excluding carboxylic acids is 1. The molecular formula is C21H14BrCl3N2O2S2. The molecule has 1 atom stereocenters. The Morgan fingerprint density at radius 3 is 2.71 bits per heavy atom. The third-order valence-corrected chi connectivity index (χ3v) is 9.71. The molecule has 0 fully saturated rings. The standard InChI is InChI=1S/C21H14BrCl3N2O2S2/c1-29-10-2-3-13-12(7-10)11-4-5-27(21(28)19-15(23)16(24)20(25)31-19)18(17(11)26-13)14-6-9(22)8-30-14/h2-3,6-8,18,26H,4-5H2,1H3. The maximum Gasteiger partial charge on any atom is 0.266 e. The highest BCUT2D eigenvalue weighted by atomic mass is 79.9. The molecule has 1 unspecified atom stereocenters. The van der Waals surface area contributed by atoms with Crippen molar-refractivity contribution in [1.29, 1.82) is 0 Å². The lowest BCUT2D eigenvalue weighted by atomic mass is 9.96. The van der Waals surface area contributed by atoms with E-state index in [0.29, 0.717) is 22.2 Å². The summed E-state index contributed by atoms with van der Waals surface area (Å²) in [6, 6.07) is 7.75. The van der Waals surface area contributed by atoms with Gasteiger partial charge in [-0.3, -0.25) is 4.79 Å². The van der Waals surface area contributed by atoms with Crippen LogP contribution in [0.15, 0.2) is 34.1 Å². The van der Waals surface area contributed by atoms with Crippen LogP contribution in [0, 0.1) is 0 Å². The van der Waals surface area contributed by atoms with Gasteiger partial charge in [0.1, 0.15) is 21.0 Å². The minimum atomic E-state index is -0.276. The topological polar surface area (TPSA) is 45.3 Å². The van der Waals surface area contributed by atoms with E-state index in [9.17, 15) is 4.79 Å². The number of aromatic amines is 1. The molecule has 10 heteroatoms. The largest absolute Gasteiger partial charge is 0.497 e. The van der Waals surface area contributed by atoms with Crippen LogP contribution in [0.1, 0.15) is 31.8 Å². The molecule has 1 N–H and O–H groups in total. The summed E-state index contributed by atoms with van der Waals surface area (Å²) >= 11 is 24.9. The number of ether oxygens (including phenoxy) is 1. The highest BCUT2D eigenvalue weighted by Crippen LogP contribution is 2.45. The van der Waals surface area contributed by atoms with Crippen LogP contribution in [0.3, 0.4) is 0 Å². The van der Waals surface area contributed by atoms with E-state index in [2.05, 4.69) is 20.9 Å². The highest BCUT2D eigenvalue weighted by molar-refractivity contribution is 9.10. The molecule has 160 valence electrons. The zero-order valence-corrected chi connectivity index (χ0v) is 21.5. The lowest BCUT2D eigenvalue weighted by molar-refractivity contribution is 0.0700. The first-order valence-electron chi connectivity index (χ1n) is 9.25. The molecule has 0 saturated heterocycles. The third-order valence-electron chi connectivity index (χ3n) is 5.40. The molecule has 4 aromatic rings. The smallest absolute Gasteiger partial charge is 0.266 e. The summed E-state index contributed by atoms with van der Waals surface area (Å²) in [4.78, 5) is 20.4. The minimum Gasteiger partial charge on any atom is -0.497 e. The highest BCUT2D eigenvalue weighted by Gasteiger charge is 2.37. The van der Waals surface area contributed by atoms with E-state index in [1.807, 2.05) is 34.5 Å². The Hall–Kier alpha value is -1.22. The van der Waals surface area contributed by atoms with Gasteiger partial charge in [0, 0.05) is 37.9 Å². The molecule has 0 radical (unpaired) electrons. The predicted octanol–water partition coefficient (Wildman–Crippen LogP) is 7.81. The molecule has 0 saturated carbocycles. The SMILES string of the molecule is COc1ccc2[nH]c3c(c2c1)CCN(C(=O)c1sc(Cl)c(Cl)c1Cl)C3c1cc(Br)cs1. The number of halogens is 4. The summed E-state index contributed by atoms with van der Waals surface area (Å²) in [6.07, 6.45) is 0.710. The van der Waals surface area contributed by atoms with Crippen LogP contribution in [-0.4, -0.2) is 29.4 Å². The Kier molecular flexibility index (Phi) is 5.78. The predicted molar refractivity (Wildman–Crippen MR) is 133 cm³/mol. The fraction of sp³-hybridized carbons (Fsp3) is 0.190. The molecule has 0 aliphatic carbocycles. The van der Waals surface area contributed by atoms with Gasteiger partial charge in [-0.1, -0.05) is 34.8 Å². The van der Waals surface area contributed by atoms with Crippen LogP contribution in [0.2, 0.25) is 14.4 Å². The summed E-state index contributed by atoms with van der Waals surface area (Å²) in [5.41, 5.74) is 3.21. The number of amides is 1. The molecule has 4 heterocycles. The van der Waals surface area contributed by atoms with Crippen molar-refractivity contribution < 1.29 is 9.53 Å². The number of nitrogens with zero attached hydrogens (tertiary/aromatic N) is 1. The maximum atomic E-state index is 13.6. The van der Waals surface area contributed by atoms with Crippen molar-refractivity contribution in [3.05, 3.63) is 69.5 Å². The molecule has 1 aliphatic heterocycles. The van der Waals surface area contributed by atoms with Crippen LogP contribution in [0.5, 0.6) is 5.75 Å². The van der Waals surface area contributed by atoms with Gasteiger partial charge in [-0.05, 0) is 52.2 Å². The second kappa shape index (κ2) is 8.28. The van der Waals surface area contributed by atoms with Crippen molar-refractivity contribution in [3.63, 3.8) is 0 Å². The average Bonchev–Trinajstić information content (AvgIpc) is 3.44. The second-order valence-electron chi connectivity index (χ2n) is 7.08. The van der Waals surface area contributed by atoms with E-state index >= 15 is 0 Å². The molecule has 0 bridgehead atoms. The Labute approximate surface area is 209 Å². The Balaban J connectivity index is 1.67. The number of H-pyrrole nitrogens is 1. The first-order valence-corrected chi connectivity index (χ1v) is 12.9. The number of methoxy groups -OCH3 is 1. The number of rotatable bonds is 3. The average molecular weight is 577 g/mol. The fourth-order valence-electron chi connectivity index (χ4n) is 4.01. The quantitative estimate of drug-likeness (QED) is 0.270. The minimum absolute atomic E-state index is 0.180. The summed E-state index contributed by atoms with van der Waals surface area (Å²) in [7, 11) is 1.66. The van der Waals surface area contributed by atoms with E-state index in [4.69, 9.17) is 39.5 Å². The van der Waals surface area contributed by atoms with Crippen LogP contribution in [0.25, 0.3) is 10.9 Å². The normalized spacial score (nSPS) is 16.0. The van der Waals surface area contributed by atoms with Gasteiger partial charge in [-0.15, -0.1) is 22.7 Å². The summed E-state index contributed by atoms with van der Waals surface area (Å²) in [6.45, 7) is 0.541. The number of hydrogen-bond donors (Lipinski definition) is 1. The lowest BCUT2D eigenvalue weighted by Gasteiger charge is -2.35. The van der Waals surface area contributed by atoms with E-state index in [1.165, 1.54) is 5.56 Å². The summed E-state index contributed by atoms with van der Waals surface area (Å²) in [5.74, 6) is 0.623. The molecule has 3 aromatic heterocycles. The number of carbonyl (C=O) groups is 1. The third kappa shape index (κ3) is 3.59. The Morgan fingerprint density at radius 1 is 1.26 bits per heavy atom. The number of benzene rings is 1. The number of hydrogen-bond acceptors (Lipinski definition) is 4. The van der Waals surface area contributed by atoms with E-state index in [1.54, 1.807) is 18.4 Å². The van der Waals surface area contributed by atoms with Gasteiger partial charge in [0.25, 0.3) is 5.91 Å². The zero-order chi connectivity index (χ0) is 21.9. The van der Waals surface area contributed by atoms with Crippen LogP contribution >= 0.6 is 73.4 Å². The Morgan fingerprint density at radius 2 is 2.06 bits per heavy atom. The summed E-state index contributed by atoms with van der Waals surface area (Å²) in [5, 5.41) is 3.56. The van der Waals surface area contributed by atoms with Gasteiger partial charge in [0.15, 0.2) is 0 Å². The molecule has 1 aliphatic rings. The number of nitrogens with one attached hydrogen (secondary N) is 1. The number of thiophene rings is 2. The van der Waals surface area contributed by atoms with E-state index in [0.717, 1.165) is 43.0 Å². The van der Waals surface area contributed by atoms with Crippen LogP contribution in [0.4, 0.5) is 0 Å². The lowest BCUT2D eigenvalue weighted by Crippen LogP contribution is -2.40. The number of aromatic nitrogens is 1.